The number of rotatable bonds is 3. The fraction of sp³-hybridized carbons (Fsp3) is 0.500. The Labute approximate surface area is 92.7 Å². The average Bonchev–Trinajstić information content (AvgIpc) is 2.70. The summed E-state index contributed by atoms with van der Waals surface area (Å²) in [6.07, 6.45) is 0.564. The first-order valence-corrected chi connectivity index (χ1v) is 5.42. The van der Waals surface area contributed by atoms with Gasteiger partial charge in [0, 0.05) is 12.0 Å². The van der Waals surface area contributed by atoms with Gasteiger partial charge in [0.1, 0.15) is 5.82 Å². The van der Waals surface area contributed by atoms with E-state index in [0.29, 0.717) is 6.54 Å². The highest BCUT2D eigenvalue weighted by Crippen LogP contribution is 2.36. The van der Waals surface area contributed by atoms with Gasteiger partial charge >= 0.3 is 0 Å². The van der Waals surface area contributed by atoms with E-state index in [2.05, 4.69) is 5.32 Å². The molecule has 1 N–H and O–H groups in total. The summed E-state index contributed by atoms with van der Waals surface area (Å²) < 4.78 is 40.5. The van der Waals surface area contributed by atoms with E-state index in [4.69, 9.17) is 0 Å². The Hall–Kier alpha value is -1.03. The van der Waals surface area contributed by atoms with Crippen LogP contribution in [0.5, 0.6) is 0 Å². The van der Waals surface area contributed by atoms with Gasteiger partial charge in [0.25, 0.3) is 5.92 Å². The van der Waals surface area contributed by atoms with Crippen LogP contribution in [0.15, 0.2) is 24.3 Å². The minimum Gasteiger partial charge on any atom is -0.316 e. The Balaban J connectivity index is 2.10. The summed E-state index contributed by atoms with van der Waals surface area (Å²) in [6.45, 7) is 1.43. The molecule has 88 valence electrons. The Kier molecular flexibility index (Phi) is 3.19. The number of alkyl halides is 2. The van der Waals surface area contributed by atoms with Crippen molar-refractivity contribution in [2.45, 2.75) is 18.8 Å². The number of nitrogens with one attached hydrogen (secondary N) is 1. The molecule has 0 aromatic heterocycles. The Morgan fingerprint density at radius 3 is 2.81 bits per heavy atom. The second kappa shape index (κ2) is 4.45. The zero-order valence-corrected chi connectivity index (χ0v) is 8.85. The molecule has 0 saturated carbocycles. The molecular formula is C12H14F3N. The van der Waals surface area contributed by atoms with Gasteiger partial charge in [-0.05, 0) is 37.6 Å². The number of hydrogen-bond acceptors (Lipinski definition) is 1. The first-order valence-electron chi connectivity index (χ1n) is 5.42. The van der Waals surface area contributed by atoms with Gasteiger partial charge in [0.15, 0.2) is 0 Å². The Bertz CT molecular complexity index is 359. The van der Waals surface area contributed by atoms with E-state index >= 15 is 0 Å². The minimum atomic E-state index is -2.93. The molecule has 0 spiro atoms. The molecule has 0 aliphatic carbocycles. The van der Waals surface area contributed by atoms with Gasteiger partial charge in [-0.25, -0.2) is 13.2 Å². The van der Waals surface area contributed by atoms with Gasteiger partial charge < -0.3 is 5.32 Å². The maximum Gasteiger partial charge on any atom is 0.273 e. The van der Waals surface area contributed by atoms with E-state index in [1.54, 1.807) is 0 Å². The Morgan fingerprint density at radius 2 is 2.19 bits per heavy atom. The van der Waals surface area contributed by atoms with E-state index in [1.807, 2.05) is 0 Å². The molecule has 1 aromatic carbocycles. The van der Waals surface area contributed by atoms with Crippen molar-refractivity contribution in [1.82, 2.24) is 5.32 Å². The SMILES string of the molecule is Fc1cccc(C(F)(F)CC2CCNC2)c1. The largest absolute Gasteiger partial charge is 0.316 e. The van der Waals surface area contributed by atoms with Crippen LogP contribution in [0.1, 0.15) is 18.4 Å². The summed E-state index contributed by atoms with van der Waals surface area (Å²) in [5.41, 5.74) is -0.223. The van der Waals surface area contributed by atoms with Crippen molar-refractivity contribution in [3.63, 3.8) is 0 Å². The third-order valence-corrected chi connectivity index (χ3v) is 2.95. The van der Waals surface area contributed by atoms with Crippen LogP contribution in [0, 0.1) is 11.7 Å². The van der Waals surface area contributed by atoms with E-state index in [1.165, 1.54) is 18.2 Å². The minimum absolute atomic E-state index is 0.0155. The molecule has 16 heavy (non-hydrogen) atoms. The van der Waals surface area contributed by atoms with Crippen LogP contribution in [0.2, 0.25) is 0 Å². The van der Waals surface area contributed by atoms with Crippen molar-refractivity contribution >= 4 is 0 Å². The summed E-state index contributed by atoms with van der Waals surface area (Å²) in [5.74, 6) is -3.56. The normalized spacial score (nSPS) is 21.3. The first-order chi connectivity index (χ1) is 7.58. The van der Waals surface area contributed by atoms with Gasteiger partial charge in [-0.2, -0.15) is 0 Å². The van der Waals surface area contributed by atoms with Crippen molar-refractivity contribution in [2.75, 3.05) is 13.1 Å². The summed E-state index contributed by atoms with van der Waals surface area (Å²) in [6, 6.07) is 4.70. The van der Waals surface area contributed by atoms with Crippen LogP contribution in [0.4, 0.5) is 13.2 Å². The predicted molar refractivity (Wildman–Crippen MR) is 55.9 cm³/mol. The number of hydrogen-bond donors (Lipinski definition) is 1. The molecular weight excluding hydrogens is 215 g/mol. The second-order valence-corrected chi connectivity index (χ2v) is 4.28. The zero-order chi connectivity index (χ0) is 11.6. The van der Waals surface area contributed by atoms with Gasteiger partial charge in [0.2, 0.25) is 0 Å². The second-order valence-electron chi connectivity index (χ2n) is 4.28. The van der Waals surface area contributed by atoms with Crippen molar-refractivity contribution in [1.29, 1.82) is 0 Å². The number of halogens is 3. The molecule has 1 aliphatic heterocycles. The van der Waals surface area contributed by atoms with Crippen molar-refractivity contribution in [3.8, 4) is 0 Å². The average molecular weight is 229 g/mol. The topological polar surface area (TPSA) is 12.0 Å². The third-order valence-electron chi connectivity index (χ3n) is 2.95. The molecule has 0 amide bonds. The molecule has 1 atom stereocenters. The molecule has 1 nitrogen and oxygen atoms in total. The van der Waals surface area contributed by atoms with Crippen molar-refractivity contribution in [3.05, 3.63) is 35.6 Å². The molecule has 1 aromatic rings. The number of benzene rings is 1. The molecule has 1 unspecified atom stereocenters. The lowest BCUT2D eigenvalue weighted by Crippen LogP contribution is -2.20. The van der Waals surface area contributed by atoms with Gasteiger partial charge in [-0.3, -0.25) is 0 Å². The Morgan fingerprint density at radius 1 is 1.38 bits per heavy atom. The fourth-order valence-corrected chi connectivity index (χ4v) is 2.09. The van der Waals surface area contributed by atoms with Crippen molar-refractivity contribution < 1.29 is 13.2 Å². The summed E-state index contributed by atoms with van der Waals surface area (Å²) in [5, 5.41) is 3.05. The molecule has 4 heteroatoms. The van der Waals surface area contributed by atoms with Crippen LogP contribution in [0.3, 0.4) is 0 Å². The fourth-order valence-electron chi connectivity index (χ4n) is 2.09. The summed E-state index contributed by atoms with van der Waals surface area (Å²) in [7, 11) is 0. The third kappa shape index (κ3) is 2.55. The van der Waals surface area contributed by atoms with Crippen LogP contribution >= 0.6 is 0 Å². The smallest absolute Gasteiger partial charge is 0.273 e. The molecule has 1 aliphatic rings. The van der Waals surface area contributed by atoms with E-state index in [-0.39, 0.29) is 17.9 Å². The molecule has 2 rings (SSSR count). The van der Waals surface area contributed by atoms with E-state index in [9.17, 15) is 13.2 Å². The lowest BCUT2D eigenvalue weighted by molar-refractivity contribution is -0.0270. The molecule has 0 radical (unpaired) electrons. The van der Waals surface area contributed by atoms with E-state index < -0.39 is 11.7 Å². The van der Waals surface area contributed by atoms with Gasteiger partial charge in [-0.1, -0.05) is 12.1 Å². The first kappa shape index (κ1) is 11.5. The molecule has 1 saturated heterocycles. The van der Waals surface area contributed by atoms with Crippen molar-refractivity contribution in [2.24, 2.45) is 5.92 Å². The summed E-state index contributed by atoms with van der Waals surface area (Å²) in [4.78, 5) is 0. The molecule has 1 heterocycles. The van der Waals surface area contributed by atoms with Crippen LogP contribution in [-0.4, -0.2) is 13.1 Å². The maximum absolute atomic E-state index is 13.8. The lowest BCUT2D eigenvalue weighted by atomic mass is 9.95. The zero-order valence-electron chi connectivity index (χ0n) is 8.85. The predicted octanol–water partition coefficient (Wildman–Crippen LogP) is 2.92. The highest BCUT2D eigenvalue weighted by Gasteiger charge is 2.35. The maximum atomic E-state index is 13.8. The van der Waals surface area contributed by atoms with Crippen LogP contribution in [-0.2, 0) is 5.92 Å². The molecule has 0 bridgehead atoms. The van der Waals surface area contributed by atoms with Crippen LogP contribution in [0.25, 0.3) is 0 Å². The lowest BCUT2D eigenvalue weighted by Gasteiger charge is -2.20. The molecule has 1 fully saturated rings. The van der Waals surface area contributed by atoms with Gasteiger partial charge in [-0.15, -0.1) is 0 Å². The standard InChI is InChI=1S/C12H14F3N/c13-11-3-1-2-10(6-11)12(14,15)7-9-4-5-16-8-9/h1-3,6,9,16H,4-5,7-8H2. The quantitative estimate of drug-likeness (QED) is 0.840. The highest BCUT2D eigenvalue weighted by atomic mass is 19.3. The summed E-state index contributed by atoms with van der Waals surface area (Å²) >= 11 is 0. The highest BCUT2D eigenvalue weighted by molar-refractivity contribution is 5.21. The van der Waals surface area contributed by atoms with Gasteiger partial charge in [0.05, 0.1) is 0 Å². The monoisotopic (exact) mass is 229 g/mol. The van der Waals surface area contributed by atoms with E-state index in [0.717, 1.165) is 19.0 Å². The van der Waals surface area contributed by atoms with Crippen LogP contribution < -0.4 is 5.32 Å².